The zero-order valence-electron chi connectivity index (χ0n) is 5.74. The van der Waals surface area contributed by atoms with Gasteiger partial charge in [-0.1, -0.05) is 18.2 Å². The molecule has 0 saturated carbocycles. The number of para-hydroxylation sites is 1. The summed E-state index contributed by atoms with van der Waals surface area (Å²) in [6.45, 7) is 0. The maximum atomic E-state index is 10.5. The minimum absolute atomic E-state index is 0.638. The van der Waals surface area contributed by atoms with E-state index in [1.165, 1.54) is 5.43 Å². The maximum Gasteiger partial charge on any atom is 0.336 e. The van der Waals surface area contributed by atoms with Crippen LogP contribution in [0.1, 0.15) is 0 Å². The van der Waals surface area contributed by atoms with Gasteiger partial charge in [-0.25, -0.2) is 10.2 Å². The Morgan fingerprint density at radius 1 is 1.27 bits per heavy atom. The zero-order chi connectivity index (χ0) is 8.10. The molecule has 1 aromatic rings. The quantitative estimate of drug-likeness (QED) is 0.570. The highest BCUT2D eigenvalue weighted by atomic mass is 16.2. The summed E-state index contributed by atoms with van der Waals surface area (Å²) in [5, 5.41) is 2.39. The molecule has 4 heteroatoms. The number of benzene rings is 1. The van der Waals surface area contributed by atoms with Crippen molar-refractivity contribution in [3.05, 3.63) is 30.3 Å². The van der Waals surface area contributed by atoms with Crippen LogP contribution in [0.3, 0.4) is 0 Å². The molecular formula is C7H7N3O. The largest absolute Gasteiger partial charge is 0.336 e. The van der Waals surface area contributed by atoms with E-state index in [1.54, 1.807) is 24.3 Å². The molecule has 0 heterocycles. The van der Waals surface area contributed by atoms with E-state index in [9.17, 15) is 4.79 Å². The molecule has 0 spiro atoms. The van der Waals surface area contributed by atoms with Gasteiger partial charge in [-0.3, -0.25) is 0 Å². The summed E-state index contributed by atoms with van der Waals surface area (Å²) in [6.07, 6.45) is 0. The SMILES string of the molecule is [N]NC(=O)Nc1ccccc1. The molecule has 4 nitrogen and oxygen atoms in total. The molecule has 0 aliphatic heterocycles. The second kappa shape index (κ2) is 3.58. The summed E-state index contributed by atoms with van der Waals surface area (Å²) in [5.41, 5.74) is 2.10. The first-order chi connectivity index (χ1) is 5.33. The predicted octanol–water partition coefficient (Wildman–Crippen LogP) is 0.792. The minimum Gasteiger partial charge on any atom is -0.307 e. The van der Waals surface area contributed by atoms with Crippen molar-refractivity contribution in [1.82, 2.24) is 11.3 Å². The number of nitrogens with one attached hydrogen (secondary N) is 2. The van der Waals surface area contributed by atoms with Crippen LogP contribution < -0.4 is 16.6 Å². The van der Waals surface area contributed by atoms with Gasteiger partial charge in [-0.2, -0.15) is 0 Å². The first kappa shape index (κ1) is 7.56. The highest BCUT2D eigenvalue weighted by Gasteiger charge is 1.95. The zero-order valence-corrected chi connectivity index (χ0v) is 5.74. The van der Waals surface area contributed by atoms with E-state index >= 15 is 0 Å². The van der Waals surface area contributed by atoms with Gasteiger partial charge in [-0.05, 0) is 18.0 Å². The van der Waals surface area contributed by atoms with Gasteiger partial charge in [0.25, 0.3) is 0 Å². The van der Waals surface area contributed by atoms with Crippen molar-refractivity contribution < 1.29 is 4.79 Å². The monoisotopic (exact) mass is 149 g/mol. The van der Waals surface area contributed by atoms with Gasteiger partial charge in [0.1, 0.15) is 0 Å². The molecule has 2 radical (unpaired) electrons. The molecule has 0 aliphatic carbocycles. The Kier molecular flexibility index (Phi) is 2.46. The molecule has 56 valence electrons. The second-order valence-electron chi connectivity index (χ2n) is 1.93. The van der Waals surface area contributed by atoms with Crippen LogP contribution in [0.15, 0.2) is 30.3 Å². The lowest BCUT2D eigenvalue weighted by atomic mass is 10.3. The maximum absolute atomic E-state index is 10.5. The Bertz CT molecular complexity index is 235. The lowest BCUT2D eigenvalue weighted by Gasteiger charge is -2.00. The third-order valence-corrected chi connectivity index (χ3v) is 1.13. The topological polar surface area (TPSA) is 63.4 Å². The van der Waals surface area contributed by atoms with Crippen molar-refractivity contribution in [1.29, 1.82) is 0 Å². The van der Waals surface area contributed by atoms with E-state index in [1.807, 2.05) is 6.07 Å². The fourth-order valence-electron chi connectivity index (χ4n) is 0.681. The molecule has 0 aliphatic rings. The first-order valence-electron chi connectivity index (χ1n) is 3.09. The molecule has 0 atom stereocenters. The Balaban J connectivity index is 2.58. The lowest BCUT2D eigenvalue weighted by molar-refractivity contribution is 0.251. The van der Waals surface area contributed by atoms with E-state index in [0.29, 0.717) is 5.69 Å². The third kappa shape index (κ3) is 2.27. The van der Waals surface area contributed by atoms with Crippen LogP contribution in [-0.4, -0.2) is 6.03 Å². The number of amides is 2. The van der Waals surface area contributed by atoms with Crippen LogP contribution in [0.25, 0.3) is 0 Å². The summed E-state index contributed by atoms with van der Waals surface area (Å²) in [7, 11) is 0. The van der Waals surface area contributed by atoms with E-state index in [-0.39, 0.29) is 0 Å². The number of anilines is 1. The number of carbonyl (C=O) groups excluding carboxylic acids is 1. The average molecular weight is 149 g/mol. The number of hydrogen-bond donors (Lipinski definition) is 2. The predicted molar refractivity (Wildman–Crippen MR) is 40.7 cm³/mol. The Labute approximate surface area is 64.4 Å². The van der Waals surface area contributed by atoms with Crippen molar-refractivity contribution in [3.63, 3.8) is 0 Å². The van der Waals surface area contributed by atoms with Crippen molar-refractivity contribution in [2.45, 2.75) is 0 Å². The van der Waals surface area contributed by atoms with Gasteiger partial charge < -0.3 is 5.32 Å². The summed E-state index contributed by atoms with van der Waals surface area (Å²) in [4.78, 5) is 10.5. The Morgan fingerprint density at radius 2 is 1.91 bits per heavy atom. The van der Waals surface area contributed by atoms with E-state index < -0.39 is 6.03 Å². The van der Waals surface area contributed by atoms with Gasteiger partial charge in [0.05, 0.1) is 0 Å². The number of nitrogens with zero attached hydrogens (tertiary/aromatic N) is 1. The first-order valence-corrected chi connectivity index (χ1v) is 3.09. The number of urea groups is 1. The fraction of sp³-hybridized carbons (Fsp3) is 0. The average Bonchev–Trinajstić information content (AvgIpc) is 2.06. The van der Waals surface area contributed by atoms with Crippen LogP contribution in [0.2, 0.25) is 0 Å². The Hall–Kier alpha value is -1.55. The molecule has 11 heavy (non-hydrogen) atoms. The molecular weight excluding hydrogens is 142 g/mol. The molecule has 0 bridgehead atoms. The summed E-state index contributed by atoms with van der Waals surface area (Å²) >= 11 is 0. The molecule has 0 unspecified atom stereocenters. The van der Waals surface area contributed by atoms with Gasteiger partial charge in [0.2, 0.25) is 0 Å². The Morgan fingerprint density at radius 3 is 2.45 bits per heavy atom. The van der Waals surface area contributed by atoms with Gasteiger partial charge >= 0.3 is 6.03 Å². The number of rotatable bonds is 1. The molecule has 0 saturated heterocycles. The van der Waals surface area contributed by atoms with Crippen LogP contribution in [0.4, 0.5) is 10.5 Å². The van der Waals surface area contributed by atoms with Crippen LogP contribution in [0, 0.1) is 0 Å². The molecule has 2 N–H and O–H groups in total. The van der Waals surface area contributed by atoms with E-state index in [2.05, 4.69) is 5.32 Å². The smallest absolute Gasteiger partial charge is 0.307 e. The summed E-state index contributed by atoms with van der Waals surface area (Å²) in [5.74, 6) is 8.13. The summed E-state index contributed by atoms with van der Waals surface area (Å²) < 4.78 is 0. The normalized spacial score (nSPS) is 8.82. The van der Waals surface area contributed by atoms with Crippen LogP contribution in [0.5, 0.6) is 0 Å². The molecule has 1 aromatic carbocycles. The van der Waals surface area contributed by atoms with Crippen molar-refractivity contribution >= 4 is 11.7 Å². The lowest BCUT2D eigenvalue weighted by Crippen LogP contribution is -2.26. The molecule has 1 rings (SSSR count). The van der Waals surface area contributed by atoms with Crippen LogP contribution >= 0.6 is 0 Å². The van der Waals surface area contributed by atoms with Crippen molar-refractivity contribution in [2.24, 2.45) is 0 Å². The number of carbonyl (C=O) groups is 1. The van der Waals surface area contributed by atoms with Gasteiger partial charge in [-0.15, -0.1) is 0 Å². The summed E-state index contributed by atoms with van der Waals surface area (Å²) in [6, 6.07) is 8.20. The van der Waals surface area contributed by atoms with Crippen molar-refractivity contribution in [2.75, 3.05) is 5.32 Å². The highest BCUT2D eigenvalue weighted by molar-refractivity contribution is 5.88. The van der Waals surface area contributed by atoms with E-state index in [0.717, 1.165) is 0 Å². The van der Waals surface area contributed by atoms with E-state index in [4.69, 9.17) is 5.84 Å². The molecule has 2 amide bonds. The fourth-order valence-corrected chi connectivity index (χ4v) is 0.681. The highest BCUT2D eigenvalue weighted by Crippen LogP contribution is 2.03. The second-order valence-corrected chi connectivity index (χ2v) is 1.93. The van der Waals surface area contributed by atoms with Gasteiger partial charge in [0, 0.05) is 5.69 Å². The molecule has 0 aromatic heterocycles. The van der Waals surface area contributed by atoms with Crippen LogP contribution in [-0.2, 0) is 0 Å². The van der Waals surface area contributed by atoms with Gasteiger partial charge in [0.15, 0.2) is 0 Å². The molecule has 0 fully saturated rings. The standard InChI is InChI=1S/C7H7N3O/c8-10-7(11)9-6-4-2-1-3-5-6/h1-5H,(H2,9,10,11). The third-order valence-electron chi connectivity index (χ3n) is 1.13. The van der Waals surface area contributed by atoms with Crippen molar-refractivity contribution in [3.8, 4) is 0 Å². The number of hydrogen-bond acceptors (Lipinski definition) is 1. The minimum atomic E-state index is -0.642.